The second-order valence-corrected chi connectivity index (χ2v) is 7.21. The minimum atomic E-state index is -0.357. The lowest BCUT2D eigenvalue weighted by molar-refractivity contribution is -0.153. The van der Waals surface area contributed by atoms with Crippen molar-refractivity contribution in [3.05, 3.63) is 30.1 Å². The number of halogens is 1. The lowest BCUT2D eigenvalue weighted by Crippen LogP contribution is -2.62. The Morgan fingerprint density at radius 3 is 3.04 bits per heavy atom. The zero-order valence-electron chi connectivity index (χ0n) is 14.3. The number of anilines is 1. The van der Waals surface area contributed by atoms with Crippen LogP contribution in [-0.2, 0) is 9.53 Å². The lowest BCUT2D eigenvalue weighted by atomic mass is 9.90. The molecule has 1 aromatic carbocycles. The Bertz CT molecular complexity index is 633. The number of rotatable bonds is 2. The van der Waals surface area contributed by atoms with Crippen LogP contribution in [-0.4, -0.2) is 61.8 Å². The van der Waals surface area contributed by atoms with Crippen LogP contribution in [0.1, 0.15) is 19.3 Å². The molecule has 0 saturated carbocycles. The van der Waals surface area contributed by atoms with Crippen molar-refractivity contribution in [1.82, 2.24) is 15.8 Å². The molecule has 2 N–H and O–H groups in total. The molecule has 2 unspecified atom stereocenters. The van der Waals surface area contributed by atoms with E-state index in [4.69, 9.17) is 4.74 Å². The van der Waals surface area contributed by atoms with Crippen LogP contribution in [0, 0.1) is 5.82 Å². The number of nitrogens with one attached hydrogen (secondary N) is 2. The lowest BCUT2D eigenvalue weighted by Gasteiger charge is -2.49. The summed E-state index contributed by atoms with van der Waals surface area (Å²) in [5.74, 6) is -0.0751. The normalized spacial score (nSPS) is 30.0. The van der Waals surface area contributed by atoms with Crippen molar-refractivity contribution in [2.24, 2.45) is 0 Å². The van der Waals surface area contributed by atoms with Gasteiger partial charge in [0.15, 0.2) is 0 Å². The highest BCUT2D eigenvalue weighted by Gasteiger charge is 2.43. The van der Waals surface area contributed by atoms with E-state index < -0.39 is 0 Å². The predicted molar refractivity (Wildman–Crippen MR) is 92.7 cm³/mol. The molecule has 1 amide bonds. The van der Waals surface area contributed by atoms with E-state index in [1.54, 1.807) is 12.1 Å². The number of carbonyl (C=O) groups is 1. The number of hydrogen-bond donors (Lipinski definition) is 2. The molecule has 1 aromatic rings. The van der Waals surface area contributed by atoms with E-state index in [2.05, 4.69) is 15.8 Å². The Morgan fingerprint density at radius 2 is 2.24 bits per heavy atom. The van der Waals surface area contributed by atoms with E-state index >= 15 is 0 Å². The summed E-state index contributed by atoms with van der Waals surface area (Å²) in [5.41, 5.74) is 6.60. The molecule has 1 spiro atoms. The van der Waals surface area contributed by atoms with Crippen LogP contribution < -0.4 is 15.8 Å². The molecule has 3 aliphatic heterocycles. The van der Waals surface area contributed by atoms with Crippen LogP contribution in [0.15, 0.2) is 24.3 Å². The fraction of sp³-hybridized carbons (Fsp3) is 0.611. The van der Waals surface area contributed by atoms with Crippen molar-refractivity contribution in [1.29, 1.82) is 0 Å². The molecular formula is C18H25FN4O2. The van der Waals surface area contributed by atoms with Crippen molar-refractivity contribution in [2.45, 2.75) is 30.9 Å². The third-order valence-electron chi connectivity index (χ3n) is 5.41. The van der Waals surface area contributed by atoms with Gasteiger partial charge in [0.25, 0.3) is 0 Å². The highest BCUT2D eigenvalue weighted by atomic mass is 19.1. The number of hydrazine groups is 1. The topological polar surface area (TPSA) is 56.8 Å². The molecule has 3 fully saturated rings. The second-order valence-electron chi connectivity index (χ2n) is 7.21. The molecule has 136 valence electrons. The summed E-state index contributed by atoms with van der Waals surface area (Å²) in [6.07, 6.45) is 2.72. The maximum atomic E-state index is 13.6. The quantitative estimate of drug-likeness (QED) is 0.831. The van der Waals surface area contributed by atoms with Gasteiger partial charge in [-0.1, -0.05) is 6.07 Å². The van der Waals surface area contributed by atoms with Gasteiger partial charge in [-0.3, -0.25) is 10.2 Å². The van der Waals surface area contributed by atoms with E-state index in [-0.39, 0.29) is 23.4 Å². The first-order valence-electron chi connectivity index (χ1n) is 9.07. The van der Waals surface area contributed by atoms with Crippen LogP contribution in [0.4, 0.5) is 10.1 Å². The van der Waals surface area contributed by atoms with Crippen LogP contribution in [0.25, 0.3) is 0 Å². The highest BCUT2D eigenvalue weighted by Crippen LogP contribution is 2.32. The molecule has 25 heavy (non-hydrogen) atoms. The van der Waals surface area contributed by atoms with Crippen LogP contribution in [0.2, 0.25) is 0 Å². The number of piperidine rings is 1. The van der Waals surface area contributed by atoms with Gasteiger partial charge in [0.1, 0.15) is 17.5 Å². The van der Waals surface area contributed by atoms with Crippen molar-refractivity contribution in [3.8, 4) is 0 Å². The highest BCUT2D eigenvalue weighted by molar-refractivity contribution is 5.82. The average Bonchev–Trinajstić information content (AvgIpc) is 3.16. The van der Waals surface area contributed by atoms with Crippen molar-refractivity contribution in [3.63, 3.8) is 0 Å². The molecule has 2 atom stereocenters. The number of hydrogen-bond acceptors (Lipinski definition) is 5. The zero-order chi connectivity index (χ0) is 17.3. The number of benzene rings is 1. The smallest absolute Gasteiger partial charge is 0.241 e. The number of morpholine rings is 1. The van der Waals surface area contributed by atoms with E-state index in [0.717, 1.165) is 38.0 Å². The van der Waals surface area contributed by atoms with Crippen molar-refractivity contribution < 1.29 is 13.9 Å². The molecule has 4 rings (SSSR count). The summed E-state index contributed by atoms with van der Waals surface area (Å²) in [6, 6.07) is 6.56. The molecule has 0 aliphatic carbocycles. The zero-order valence-corrected chi connectivity index (χ0v) is 14.3. The summed E-state index contributed by atoms with van der Waals surface area (Å²) in [5, 5.41) is 0. The Labute approximate surface area is 147 Å². The van der Waals surface area contributed by atoms with Crippen LogP contribution in [0.3, 0.4) is 0 Å². The summed E-state index contributed by atoms with van der Waals surface area (Å²) in [4.78, 5) is 16.8. The molecular weight excluding hydrogens is 323 g/mol. The van der Waals surface area contributed by atoms with E-state index in [1.807, 2.05) is 11.0 Å². The number of amides is 1. The molecule has 3 aliphatic rings. The predicted octanol–water partition coefficient (Wildman–Crippen LogP) is 0.890. The SMILES string of the molecule is O=C(C1CCNN1)N1CCOC2(CCCN(c3cccc(F)c3)C2)C1. The standard InChI is InChI=1S/C18H25FN4O2/c19-14-3-1-4-15(11-14)22-8-2-6-18(12-22)13-23(9-10-25-18)17(24)16-5-7-20-21-16/h1,3-4,11,16,20-21H,2,5-10,12-13H2. The molecule has 7 heteroatoms. The second kappa shape index (κ2) is 6.90. The maximum Gasteiger partial charge on any atom is 0.241 e. The fourth-order valence-corrected chi connectivity index (χ4v) is 4.16. The van der Waals surface area contributed by atoms with Crippen LogP contribution in [0.5, 0.6) is 0 Å². The van der Waals surface area contributed by atoms with Gasteiger partial charge in [-0.15, -0.1) is 0 Å². The summed E-state index contributed by atoms with van der Waals surface area (Å²) >= 11 is 0. The molecule has 0 aromatic heterocycles. The first-order valence-corrected chi connectivity index (χ1v) is 9.07. The van der Waals surface area contributed by atoms with Gasteiger partial charge in [0, 0.05) is 31.9 Å². The van der Waals surface area contributed by atoms with Gasteiger partial charge in [0.05, 0.1) is 13.2 Å². The number of nitrogens with zero attached hydrogens (tertiary/aromatic N) is 2. The first-order chi connectivity index (χ1) is 12.2. The molecule has 6 nitrogen and oxygen atoms in total. The summed E-state index contributed by atoms with van der Waals surface area (Å²) < 4.78 is 19.7. The number of ether oxygens (including phenoxy) is 1. The fourth-order valence-electron chi connectivity index (χ4n) is 4.16. The minimum Gasteiger partial charge on any atom is -0.369 e. The Hall–Kier alpha value is -1.70. The van der Waals surface area contributed by atoms with E-state index in [1.165, 1.54) is 6.07 Å². The Morgan fingerprint density at radius 1 is 1.32 bits per heavy atom. The third kappa shape index (κ3) is 3.49. The monoisotopic (exact) mass is 348 g/mol. The van der Waals surface area contributed by atoms with Crippen LogP contribution >= 0.6 is 0 Å². The summed E-state index contributed by atoms with van der Waals surface area (Å²) in [6.45, 7) is 4.20. The van der Waals surface area contributed by atoms with E-state index in [9.17, 15) is 9.18 Å². The van der Waals surface area contributed by atoms with Crippen molar-refractivity contribution in [2.75, 3.05) is 44.2 Å². The molecule has 3 heterocycles. The molecule has 0 radical (unpaired) electrons. The number of carbonyl (C=O) groups excluding carboxylic acids is 1. The molecule has 0 bridgehead atoms. The molecule has 3 saturated heterocycles. The average molecular weight is 348 g/mol. The van der Waals surface area contributed by atoms with Gasteiger partial charge < -0.3 is 14.5 Å². The van der Waals surface area contributed by atoms with E-state index in [0.29, 0.717) is 26.2 Å². The Kier molecular flexibility index (Phi) is 4.62. The largest absolute Gasteiger partial charge is 0.369 e. The van der Waals surface area contributed by atoms with Gasteiger partial charge >= 0.3 is 0 Å². The summed E-state index contributed by atoms with van der Waals surface area (Å²) in [7, 11) is 0. The van der Waals surface area contributed by atoms with Gasteiger partial charge in [-0.25, -0.2) is 9.82 Å². The Balaban J connectivity index is 1.47. The minimum absolute atomic E-state index is 0.141. The third-order valence-corrected chi connectivity index (χ3v) is 5.41. The first kappa shape index (κ1) is 16.8. The van der Waals surface area contributed by atoms with Crippen molar-refractivity contribution >= 4 is 11.6 Å². The maximum absolute atomic E-state index is 13.6. The van der Waals surface area contributed by atoms with Gasteiger partial charge in [-0.2, -0.15) is 0 Å². The van der Waals surface area contributed by atoms with Gasteiger partial charge in [-0.05, 0) is 37.5 Å². The van der Waals surface area contributed by atoms with Gasteiger partial charge in [0.2, 0.25) is 5.91 Å².